The lowest BCUT2D eigenvalue weighted by atomic mass is 9.92. The summed E-state index contributed by atoms with van der Waals surface area (Å²) < 4.78 is 20.1. The number of nitrogens with one attached hydrogen (secondary N) is 1. The quantitative estimate of drug-likeness (QED) is 0.894. The van der Waals surface area contributed by atoms with E-state index in [1.165, 1.54) is 6.07 Å². The number of fused-ring (bicyclic) bond motifs is 1. The predicted molar refractivity (Wildman–Crippen MR) is 77.4 cm³/mol. The number of ether oxygens (including phenoxy) is 1. The molecule has 0 radical (unpaired) electrons. The van der Waals surface area contributed by atoms with Crippen LogP contribution in [0.1, 0.15) is 35.3 Å². The van der Waals surface area contributed by atoms with E-state index in [9.17, 15) is 4.39 Å². The summed E-state index contributed by atoms with van der Waals surface area (Å²) in [6, 6.07) is 13.3. The Balaban J connectivity index is 2.00. The second-order valence-electron chi connectivity index (χ2n) is 5.25. The third kappa shape index (κ3) is 2.29. The van der Waals surface area contributed by atoms with Crippen molar-refractivity contribution in [3.63, 3.8) is 0 Å². The Morgan fingerprint density at radius 3 is 2.75 bits per heavy atom. The summed E-state index contributed by atoms with van der Waals surface area (Å²) in [5, 5.41) is 3.29. The van der Waals surface area contributed by atoms with Crippen LogP contribution in [0, 0.1) is 12.7 Å². The maximum Gasteiger partial charge on any atom is 0.130 e. The van der Waals surface area contributed by atoms with Crippen LogP contribution in [0.5, 0.6) is 5.75 Å². The number of hydrogen-bond donors (Lipinski definition) is 1. The van der Waals surface area contributed by atoms with Crippen LogP contribution in [0.15, 0.2) is 42.5 Å². The monoisotopic (exact) mass is 271 g/mol. The normalized spacial score (nSPS) is 21.1. The fourth-order valence-corrected chi connectivity index (χ4v) is 2.79. The van der Waals surface area contributed by atoms with Gasteiger partial charge in [0, 0.05) is 23.6 Å². The summed E-state index contributed by atoms with van der Waals surface area (Å²) in [5.74, 6) is 0.638. The van der Waals surface area contributed by atoms with E-state index in [0.717, 1.165) is 23.3 Å². The molecule has 2 aromatic carbocycles. The van der Waals surface area contributed by atoms with Crippen molar-refractivity contribution in [1.82, 2.24) is 5.32 Å². The Labute approximate surface area is 118 Å². The van der Waals surface area contributed by atoms with Crippen molar-refractivity contribution in [3.8, 4) is 5.75 Å². The van der Waals surface area contributed by atoms with Crippen LogP contribution in [0.2, 0.25) is 0 Å². The van der Waals surface area contributed by atoms with Gasteiger partial charge in [-0.15, -0.1) is 0 Å². The first-order valence-electron chi connectivity index (χ1n) is 6.88. The van der Waals surface area contributed by atoms with Gasteiger partial charge in [-0.1, -0.05) is 29.8 Å². The summed E-state index contributed by atoms with van der Waals surface area (Å²) in [7, 11) is 1.93. The number of para-hydroxylation sites is 1. The number of hydrogen-bond acceptors (Lipinski definition) is 2. The molecule has 0 aliphatic carbocycles. The van der Waals surface area contributed by atoms with Gasteiger partial charge < -0.3 is 10.1 Å². The molecule has 1 aliphatic heterocycles. The van der Waals surface area contributed by atoms with Gasteiger partial charge in [0.1, 0.15) is 17.7 Å². The van der Waals surface area contributed by atoms with E-state index in [1.807, 2.05) is 38.2 Å². The van der Waals surface area contributed by atoms with Gasteiger partial charge in [-0.2, -0.15) is 0 Å². The van der Waals surface area contributed by atoms with E-state index < -0.39 is 0 Å². The van der Waals surface area contributed by atoms with Crippen LogP contribution in [0.25, 0.3) is 0 Å². The Morgan fingerprint density at radius 2 is 1.95 bits per heavy atom. The van der Waals surface area contributed by atoms with E-state index in [1.54, 1.807) is 6.07 Å². The van der Waals surface area contributed by atoms with Crippen molar-refractivity contribution in [2.75, 3.05) is 7.05 Å². The fourth-order valence-electron chi connectivity index (χ4n) is 2.79. The van der Waals surface area contributed by atoms with Crippen molar-refractivity contribution in [1.29, 1.82) is 0 Å². The van der Waals surface area contributed by atoms with E-state index in [0.29, 0.717) is 5.56 Å². The van der Waals surface area contributed by atoms with Gasteiger partial charge in [-0.25, -0.2) is 4.39 Å². The van der Waals surface area contributed by atoms with Gasteiger partial charge >= 0.3 is 0 Å². The minimum absolute atomic E-state index is 0.185. The maximum atomic E-state index is 14.1. The summed E-state index contributed by atoms with van der Waals surface area (Å²) in [5.41, 5.74) is 2.82. The molecule has 0 saturated heterocycles. The molecule has 2 atom stereocenters. The largest absolute Gasteiger partial charge is 0.485 e. The van der Waals surface area contributed by atoms with Gasteiger partial charge in [-0.05, 0) is 32.2 Å². The molecule has 104 valence electrons. The number of halogens is 1. The Kier molecular flexibility index (Phi) is 3.45. The highest BCUT2D eigenvalue weighted by Crippen LogP contribution is 2.41. The van der Waals surface area contributed by atoms with Crippen molar-refractivity contribution < 1.29 is 9.13 Å². The number of benzene rings is 2. The second-order valence-corrected chi connectivity index (χ2v) is 5.25. The van der Waals surface area contributed by atoms with Crippen LogP contribution in [0.3, 0.4) is 0 Å². The van der Waals surface area contributed by atoms with E-state index in [-0.39, 0.29) is 18.0 Å². The van der Waals surface area contributed by atoms with E-state index in [2.05, 4.69) is 11.4 Å². The maximum absolute atomic E-state index is 14.1. The first-order valence-corrected chi connectivity index (χ1v) is 6.88. The van der Waals surface area contributed by atoms with Crippen molar-refractivity contribution in [2.24, 2.45) is 0 Å². The smallest absolute Gasteiger partial charge is 0.130 e. The second kappa shape index (κ2) is 5.25. The minimum Gasteiger partial charge on any atom is -0.485 e. The van der Waals surface area contributed by atoms with Gasteiger partial charge in [0.2, 0.25) is 0 Å². The molecule has 2 aromatic rings. The van der Waals surface area contributed by atoms with Crippen LogP contribution < -0.4 is 10.1 Å². The molecule has 1 N–H and O–H groups in total. The molecule has 0 saturated carbocycles. The molecule has 0 bridgehead atoms. The average molecular weight is 271 g/mol. The Morgan fingerprint density at radius 1 is 1.15 bits per heavy atom. The SMILES string of the molecule is CNC1CC(c2cc(C)ccc2F)Oc2ccccc21. The summed E-state index contributed by atoms with van der Waals surface area (Å²) in [4.78, 5) is 0. The molecule has 0 aromatic heterocycles. The molecule has 2 nitrogen and oxygen atoms in total. The number of rotatable bonds is 2. The lowest BCUT2D eigenvalue weighted by Gasteiger charge is -2.32. The molecule has 1 heterocycles. The molecule has 3 heteroatoms. The van der Waals surface area contributed by atoms with Crippen molar-refractivity contribution in [2.45, 2.75) is 25.5 Å². The molecular weight excluding hydrogens is 253 g/mol. The van der Waals surface area contributed by atoms with Crippen LogP contribution in [0.4, 0.5) is 4.39 Å². The molecule has 1 aliphatic rings. The number of aryl methyl sites for hydroxylation is 1. The summed E-state index contributed by atoms with van der Waals surface area (Å²) in [6.45, 7) is 1.97. The lowest BCUT2D eigenvalue weighted by Crippen LogP contribution is -2.27. The Hall–Kier alpha value is -1.87. The highest BCUT2D eigenvalue weighted by Gasteiger charge is 2.29. The summed E-state index contributed by atoms with van der Waals surface area (Å²) in [6.07, 6.45) is 0.482. The highest BCUT2D eigenvalue weighted by atomic mass is 19.1. The first-order chi connectivity index (χ1) is 9.69. The molecular formula is C17H18FNO. The third-order valence-corrected chi connectivity index (χ3v) is 3.86. The standard InChI is InChI=1S/C17H18FNO/c1-11-7-8-14(18)13(9-11)17-10-15(19-2)12-5-3-4-6-16(12)20-17/h3-9,15,17,19H,10H2,1-2H3. The Bertz CT molecular complexity index is 626. The van der Waals surface area contributed by atoms with Crippen molar-refractivity contribution >= 4 is 0 Å². The molecule has 3 rings (SSSR count). The van der Waals surface area contributed by atoms with E-state index in [4.69, 9.17) is 4.74 Å². The summed E-state index contributed by atoms with van der Waals surface area (Å²) >= 11 is 0. The molecule has 2 unspecified atom stereocenters. The van der Waals surface area contributed by atoms with Gasteiger partial charge in [0.05, 0.1) is 0 Å². The lowest BCUT2D eigenvalue weighted by molar-refractivity contribution is 0.150. The molecule has 0 amide bonds. The van der Waals surface area contributed by atoms with Crippen LogP contribution >= 0.6 is 0 Å². The van der Waals surface area contributed by atoms with Gasteiger partial charge in [0.25, 0.3) is 0 Å². The topological polar surface area (TPSA) is 21.3 Å². The molecule has 0 fully saturated rings. The molecule has 20 heavy (non-hydrogen) atoms. The fraction of sp³-hybridized carbons (Fsp3) is 0.294. The zero-order chi connectivity index (χ0) is 14.1. The first kappa shape index (κ1) is 13.1. The minimum atomic E-state index is -0.248. The van der Waals surface area contributed by atoms with Gasteiger partial charge in [-0.3, -0.25) is 0 Å². The van der Waals surface area contributed by atoms with Crippen LogP contribution in [-0.2, 0) is 0 Å². The molecule has 0 spiro atoms. The van der Waals surface area contributed by atoms with Gasteiger partial charge in [0.15, 0.2) is 0 Å². The highest BCUT2D eigenvalue weighted by molar-refractivity contribution is 5.39. The zero-order valence-electron chi connectivity index (χ0n) is 11.7. The van der Waals surface area contributed by atoms with Crippen LogP contribution in [-0.4, -0.2) is 7.05 Å². The van der Waals surface area contributed by atoms with Crippen molar-refractivity contribution in [3.05, 3.63) is 65.0 Å². The third-order valence-electron chi connectivity index (χ3n) is 3.86. The average Bonchev–Trinajstić information content (AvgIpc) is 2.48. The van der Waals surface area contributed by atoms with E-state index >= 15 is 0 Å². The predicted octanol–water partition coefficient (Wildman–Crippen LogP) is 3.92. The zero-order valence-corrected chi connectivity index (χ0v) is 11.7.